The van der Waals surface area contributed by atoms with Gasteiger partial charge in [0, 0.05) is 16.3 Å². The van der Waals surface area contributed by atoms with Gasteiger partial charge in [-0.15, -0.1) is 0 Å². The fourth-order valence-corrected chi connectivity index (χ4v) is 2.17. The number of carbonyl (C=O) groups is 2. The maximum atomic E-state index is 12.2. The first-order valence-corrected chi connectivity index (χ1v) is 7.39. The fourth-order valence-electron chi connectivity index (χ4n) is 2.04. The van der Waals surface area contributed by atoms with E-state index >= 15 is 0 Å². The lowest BCUT2D eigenvalue weighted by Gasteiger charge is -2.16. The zero-order valence-electron chi connectivity index (χ0n) is 12.8. The van der Waals surface area contributed by atoms with E-state index in [0.717, 1.165) is 0 Å². The Kier molecular flexibility index (Phi) is 5.24. The lowest BCUT2D eigenvalue weighted by atomic mass is 10.1. The van der Waals surface area contributed by atoms with Gasteiger partial charge in [-0.25, -0.2) is 0 Å². The summed E-state index contributed by atoms with van der Waals surface area (Å²) in [6.45, 7) is 3.36. The smallest absolute Gasteiger partial charge is 0.265 e. The molecule has 0 saturated heterocycles. The van der Waals surface area contributed by atoms with Crippen LogP contribution >= 0.6 is 11.6 Å². The van der Waals surface area contributed by atoms with Crippen molar-refractivity contribution in [1.29, 1.82) is 0 Å². The van der Waals surface area contributed by atoms with E-state index in [1.54, 1.807) is 56.3 Å². The minimum absolute atomic E-state index is 0.329. The molecule has 0 heterocycles. The van der Waals surface area contributed by atoms with Crippen molar-refractivity contribution in [1.82, 2.24) is 0 Å². The third kappa shape index (κ3) is 4.23. The van der Waals surface area contributed by atoms with E-state index in [1.807, 2.05) is 0 Å². The van der Waals surface area contributed by atoms with E-state index in [2.05, 4.69) is 5.32 Å². The number of primary amides is 1. The summed E-state index contributed by atoms with van der Waals surface area (Å²) in [5.41, 5.74) is 6.81. The Hall–Kier alpha value is -2.53. The highest BCUT2D eigenvalue weighted by molar-refractivity contribution is 6.30. The van der Waals surface area contributed by atoms with Crippen LogP contribution in [0.3, 0.4) is 0 Å². The van der Waals surface area contributed by atoms with Crippen LogP contribution in [-0.4, -0.2) is 17.9 Å². The molecule has 2 aromatic rings. The van der Waals surface area contributed by atoms with Crippen LogP contribution in [0.15, 0.2) is 42.5 Å². The van der Waals surface area contributed by atoms with Crippen molar-refractivity contribution in [3.8, 4) is 5.75 Å². The number of anilines is 1. The Morgan fingerprint density at radius 2 is 1.83 bits per heavy atom. The van der Waals surface area contributed by atoms with Crippen LogP contribution in [0.4, 0.5) is 5.69 Å². The quantitative estimate of drug-likeness (QED) is 0.882. The number of carbonyl (C=O) groups excluding carboxylic acids is 2. The molecular formula is C17H17ClN2O3. The Balaban J connectivity index is 2.08. The second-order valence-corrected chi connectivity index (χ2v) is 5.48. The molecule has 0 bridgehead atoms. The molecule has 0 fully saturated rings. The van der Waals surface area contributed by atoms with Crippen molar-refractivity contribution >= 4 is 29.1 Å². The third-order valence-electron chi connectivity index (χ3n) is 3.35. The first-order valence-electron chi connectivity index (χ1n) is 7.01. The molecule has 3 N–H and O–H groups in total. The van der Waals surface area contributed by atoms with Gasteiger partial charge in [-0.1, -0.05) is 17.7 Å². The fraction of sp³-hybridized carbons (Fsp3) is 0.176. The number of halogens is 1. The van der Waals surface area contributed by atoms with Crippen molar-refractivity contribution in [2.45, 2.75) is 20.0 Å². The highest BCUT2D eigenvalue weighted by atomic mass is 35.5. The van der Waals surface area contributed by atoms with Crippen molar-refractivity contribution in [3.63, 3.8) is 0 Å². The number of amides is 2. The summed E-state index contributed by atoms with van der Waals surface area (Å²) in [6.07, 6.45) is -0.715. The minimum atomic E-state index is -0.715. The molecule has 0 aliphatic rings. The number of ether oxygens (including phenoxy) is 1. The zero-order chi connectivity index (χ0) is 17.0. The molecule has 0 aliphatic carbocycles. The summed E-state index contributed by atoms with van der Waals surface area (Å²) in [5.74, 6) is -0.326. The van der Waals surface area contributed by atoms with E-state index in [-0.39, 0.29) is 5.91 Å². The van der Waals surface area contributed by atoms with E-state index in [1.165, 1.54) is 0 Å². The highest BCUT2D eigenvalue weighted by Crippen LogP contribution is 2.20. The molecule has 23 heavy (non-hydrogen) atoms. The predicted octanol–water partition coefficient (Wildman–Crippen LogP) is 3.15. The van der Waals surface area contributed by atoms with Gasteiger partial charge in [-0.3, -0.25) is 9.59 Å². The minimum Gasteiger partial charge on any atom is -0.481 e. The van der Waals surface area contributed by atoms with Gasteiger partial charge in [0.05, 0.1) is 0 Å². The largest absolute Gasteiger partial charge is 0.481 e. The van der Waals surface area contributed by atoms with E-state index in [0.29, 0.717) is 27.6 Å². The van der Waals surface area contributed by atoms with Crippen molar-refractivity contribution in [2.24, 2.45) is 5.73 Å². The van der Waals surface area contributed by atoms with Crippen LogP contribution in [0, 0.1) is 6.92 Å². The number of hydrogen-bond donors (Lipinski definition) is 2. The molecule has 0 unspecified atom stereocenters. The first-order chi connectivity index (χ1) is 10.9. The van der Waals surface area contributed by atoms with Crippen LogP contribution in [0.1, 0.15) is 22.8 Å². The van der Waals surface area contributed by atoms with Crippen LogP contribution in [0.25, 0.3) is 0 Å². The highest BCUT2D eigenvalue weighted by Gasteiger charge is 2.17. The lowest BCUT2D eigenvalue weighted by molar-refractivity contribution is -0.122. The third-order valence-corrected chi connectivity index (χ3v) is 3.60. The number of benzene rings is 2. The van der Waals surface area contributed by atoms with Gasteiger partial charge in [0.25, 0.3) is 5.91 Å². The van der Waals surface area contributed by atoms with Gasteiger partial charge < -0.3 is 15.8 Å². The molecule has 1 atom stereocenters. The molecule has 2 amide bonds. The molecule has 0 aliphatic heterocycles. The molecule has 0 spiro atoms. The van der Waals surface area contributed by atoms with Crippen LogP contribution < -0.4 is 15.8 Å². The predicted molar refractivity (Wildman–Crippen MR) is 89.9 cm³/mol. The monoisotopic (exact) mass is 332 g/mol. The van der Waals surface area contributed by atoms with E-state index in [4.69, 9.17) is 22.1 Å². The van der Waals surface area contributed by atoms with E-state index in [9.17, 15) is 9.59 Å². The second-order valence-electron chi connectivity index (χ2n) is 5.05. The Morgan fingerprint density at radius 1 is 1.17 bits per heavy atom. The van der Waals surface area contributed by atoms with Gasteiger partial charge in [0.2, 0.25) is 5.91 Å². The van der Waals surface area contributed by atoms with Crippen LogP contribution in [0.2, 0.25) is 5.02 Å². The number of rotatable bonds is 5. The average molecular weight is 333 g/mol. The van der Waals surface area contributed by atoms with Crippen molar-refractivity contribution in [2.75, 3.05) is 5.32 Å². The second kappa shape index (κ2) is 7.15. The molecule has 120 valence electrons. The zero-order valence-corrected chi connectivity index (χ0v) is 13.6. The summed E-state index contributed by atoms with van der Waals surface area (Å²) in [6, 6.07) is 11.7. The maximum Gasteiger partial charge on any atom is 0.265 e. The lowest BCUT2D eigenvalue weighted by Crippen LogP contribution is -2.30. The standard InChI is InChI=1S/C17H17ClN2O3/c1-10-14(16(19)21)4-3-5-15(10)20-17(22)11(2)23-13-8-6-12(18)7-9-13/h3-9,11H,1-2H3,(H2,19,21)(H,20,22)/t11-/m1/s1. The summed E-state index contributed by atoms with van der Waals surface area (Å²) in [7, 11) is 0. The number of nitrogens with two attached hydrogens (primary N) is 1. The molecule has 0 saturated carbocycles. The van der Waals surface area contributed by atoms with Gasteiger partial charge >= 0.3 is 0 Å². The Bertz CT molecular complexity index is 729. The first kappa shape index (κ1) is 16.8. The molecule has 2 aromatic carbocycles. The number of hydrogen-bond acceptors (Lipinski definition) is 3. The van der Waals surface area contributed by atoms with Gasteiger partial charge in [0.1, 0.15) is 5.75 Å². The van der Waals surface area contributed by atoms with Crippen LogP contribution in [-0.2, 0) is 4.79 Å². The van der Waals surface area contributed by atoms with Gasteiger partial charge in [-0.05, 0) is 55.8 Å². The molecular weight excluding hydrogens is 316 g/mol. The average Bonchev–Trinajstić information content (AvgIpc) is 2.51. The van der Waals surface area contributed by atoms with Crippen molar-refractivity contribution in [3.05, 3.63) is 58.6 Å². The van der Waals surface area contributed by atoms with E-state index < -0.39 is 12.0 Å². The molecule has 2 rings (SSSR count). The topological polar surface area (TPSA) is 81.4 Å². The SMILES string of the molecule is Cc1c(NC(=O)[C@@H](C)Oc2ccc(Cl)cc2)cccc1C(N)=O. The molecule has 6 heteroatoms. The van der Waals surface area contributed by atoms with Gasteiger partial charge in [-0.2, -0.15) is 0 Å². The van der Waals surface area contributed by atoms with Gasteiger partial charge in [0.15, 0.2) is 6.10 Å². The maximum absolute atomic E-state index is 12.2. The van der Waals surface area contributed by atoms with Crippen LogP contribution in [0.5, 0.6) is 5.75 Å². The molecule has 0 radical (unpaired) electrons. The summed E-state index contributed by atoms with van der Waals surface area (Å²) < 4.78 is 5.56. The molecule has 0 aromatic heterocycles. The summed E-state index contributed by atoms with van der Waals surface area (Å²) in [5, 5.41) is 3.33. The summed E-state index contributed by atoms with van der Waals surface area (Å²) in [4.78, 5) is 23.6. The molecule has 5 nitrogen and oxygen atoms in total. The normalized spacial score (nSPS) is 11.6. The number of nitrogens with one attached hydrogen (secondary N) is 1. The van der Waals surface area contributed by atoms with Crippen molar-refractivity contribution < 1.29 is 14.3 Å². The Labute approximate surface area is 139 Å². The Morgan fingerprint density at radius 3 is 2.43 bits per heavy atom. The summed E-state index contributed by atoms with van der Waals surface area (Å²) >= 11 is 5.80.